The van der Waals surface area contributed by atoms with Crippen molar-refractivity contribution >= 4 is 0 Å². The summed E-state index contributed by atoms with van der Waals surface area (Å²) in [5.74, 6) is 2.41. The Labute approximate surface area is 153 Å². The van der Waals surface area contributed by atoms with Gasteiger partial charge in [-0.25, -0.2) is 9.82 Å². The molecule has 2 aromatic rings. The Morgan fingerprint density at radius 3 is 2.69 bits per heavy atom. The smallest absolute Gasteiger partial charge is 0.223 e. The molecule has 3 heterocycles. The third kappa shape index (κ3) is 4.11. The lowest BCUT2D eigenvalue weighted by molar-refractivity contribution is 0.157. The van der Waals surface area contributed by atoms with E-state index in [0.29, 0.717) is 17.7 Å². The summed E-state index contributed by atoms with van der Waals surface area (Å²) in [4.78, 5) is 6.87. The van der Waals surface area contributed by atoms with Crippen LogP contribution in [0.25, 0.3) is 0 Å². The monoisotopic (exact) mass is 359 g/mol. The van der Waals surface area contributed by atoms with Gasteiger partial charge in [0.05, 0.1) is 6.04 Å². The van der Waals surface area contributed by atoms with Gasteiger partial charge in [0.15, 0.2) is 5.82 Å². The van der Waals surface area contributed by atoms with Gasteiger partial charge in [-0.3, -0.25) is 5.43 Å². The van der Waals surface area contributed by atoms with E-state index in [-0.39, 0.29) is 11.9 Å². The van der Waals surface area contributed by atoms with Gasteiger partial charge in [0, 0.05) is 32.4 Å². The summed E-state index contributed by atoms with van der Waals surface area (Å²) in [7, 11) is 0. The number of nitrogens with zero attached hydrogens (tertiary/aromatic N) is 3. The van der Waals surface area contributed by atoms with Gasteiger partial charge in [-0.15, -0.1) is 0 Å². The number of piperidine rings is 1. The minimum Gasteiger partial charge on any atom is -0.340 e. The number of nitrogens with one attached hydrogen (secondary N) is 2. The van der Waals surface area contributed by atoms with Crippen molar-refractivity contribution < 1.29 is 8.91 Å². The first-order chi connectivity index (χ1) is 12.7. The number of hydrazine groups is 1. The van der Waals surface area contributed by atoms with Crippen molar-refractivity contribution in [3.8, 4) is 0 Å². The highest BCUT2D eigenvalue weighted by atomic mass is 19.1. The molecule has 6 nitrogen and oxygen atoms in total. The molecule has 2 unspecified atom stereocenters. The SMILES string of the molecule is Cc1nc(CC2CCN(CC3CNNC3c3ccc(F)cc3)CC2)no1. The maximum Gasteiger partial charge on any atom is 0.223 e. The number of benzene rings is 1. The van der Waals surface area contributed by atoms with E-state index in [0.717, 1.165) is 44.0 Å². The molecule has 26 heavy (non-hydrogen) atoms. The second-order valence-electron chi connectivity index (χ2n) is 7.49. The Balaban J connectivity index is 1.28. The summed E-state index contributed by atoms with van der Waals surface area (Å²) in [5.41, 5.74) is 7.76. The van der Waals surface area contributed by atoms with Gasteiger partial charge in [-0.1, -0.05) is 17.3 Å². The topological polar surface area (TPSA) is 66.2 Å². The van der Waals surface area contributed by atoms with Gasteiger partial charge in [0.2, 0.25) is 5.89 Å². The average Bonchev–Trinajstić information content (AvgIpc) is 3.26. The Bertz CT molecular complexity index is 711. The molecule has 4 rings (SSSR count). The fourth-order valence-electron chi connectivity index (χ4n) is 4.12. The standard InChI is InChI=1S/C19H26FN5O/c1-13-22-18(24-26-13)10-14-6-8-25(9-7-14)12-16-11-21-23-19(16)15-2-4-17(20)5-3-15/h2-5,14,16,19,21,23H,6-12H2,1H3. The molecule has 0 bridgehead atoms. The van der Waals surface area contributed by atoms with Crippen LogP contribution < -0.4 is 10.9 Å². The van der Waals surface area contributed by atoms with Crippen LogP contribution in [0.3, 0.4) is 0 Å². The zero-order chi connectivity index (χ0) is 17.9. The molecule has 1 aromatic carbocycles. The molecule has 7 heteroatoms. The number of hydrogen-bond acceptors (Lipinski definition) is 6. The lowest BCUT2D eigenvalue weighted by atomic mass is 9.90. The van der Waals surface area contributed by atoms with E-state index in [1.165, 1.54) is 25.0 Å². The molecule has 2 aliphatic rings. The number of aromatic nitrogens is 2. The Morgan fingerprint density at radius 2 is 2.00 bits per heavy atom. The molecular weight excluding hydrogens is 333 g/mol. The highest BCUT2D eigenvalue weighted by molar-refractivity contribution is 5.21. The van der Waals surface area contributed by atoms with Crippen molar-refractivity contribution in [2.24, 2.45) is 11.8 Å². The summed E-state index contributed by atoms with van der Waals surface area (Å²) < 4.78 is 18.2. The van der Waals surface area contributed by atoms with E-state index in [9.17, 15) is 4.39 Å². The molecule has 0 saturated carbocycles. The largest absolute Gasteiger partial charge is 0.340 e. The van der Waals surface area contributed by atoms with Gasteiger partial charge >= 0.3 is 0 Å². The minimum absolute atomic E-state index is 0.185. The molecule has 2 fully saturated rings. The van der Waals surface area contributed by atoms with E-state index >= 15 is 0 Å². The van der Waals surface area contributed by atoms with Gasteiger partial charge in [-0.2, -0.15) is 4.98 Å². The highest BCUT2D eigenvalue weighted by Crippen LogP contribution is 2.28. The van der Waals surface area contributed by atoms with Crippen LogP contribution in [0.15, 0.2) is 28.8 Å². The van der Waals surface area contributed by atoms with Crippen LogP contribution in [0.1, 0.15) is 36.2 Å². The summed E-state index contributed by atoms with van der Waals surface area (Å²) in [5, 5.41) is 4.02. The molecule has 140 valence electrons. The number of hydrogen-bond donors (Lipinski definition) is 2. The third-order valence-electron chi connectivity index (χ3n) is 5.56. The Morgan fingerprint density at radius 1 is 1.23 bits per heavy atom. The van der Waals surface area contributed by atoms with Crippen molar-refractivity contribution in [1.82, 2.24) is 25.9 Å². The molecular formula is C19H26FN5O. The van der Waals surface area contributed by atoms with Crippen LogP contribution in [0.4, 0.5) is 4.39 Å². The van der Waals surface area contributed by atoms with Gasteiger partial charge in [0.1, 0.15) is 5.82 Å². The van der Waals surface area contributed by atoms with Crippen molar-refractivity contribution in [2.45, 2.75) is 32.2 Å². The maximum atomic E-state index is 13.2. The highest BCUT2D eigenvalue weighted by Gasteiger charge is 2.31. The van der Waals surface area contributed by atoms with Crippen molar-refractivity contribution in [1.29, 1.82) is 0 Å². The molecule has 1 aromatic heterocycles. The summed E-state index contributed by atoms with van der Waals surface area (Å²) >= 11 is 0. The first-order valence-corrected chi connectivity index (χ1v) is 9.43. The molecule has 0 radical (unpaired) electrons. The van der Waals surface area contributed by atoms with Gasteiger partial charge < -0.3 is 9.42 Å². The van der Waals surface area contributed by atoms with Crippen molar-refractivity contribution in [3.05, 3.63) is 47.4 Å². The lowest BCUT2D eigenvalue weighted by Crippen LogP contribution is -2.39. The van der Waals surface area contributed by atoms with Crippen LogP contribution >= 0.6 is 0 Å². The fourth-order valence-corrected chi connectivity index (χ4v) is 4.12. The van der Waals surface area contributed by atoms with E-state index in [2.05, 4.69) is 25.9 Å². The zero-order valence-electron chi connectivity index (χ0n) is 15.1. The number of likely N-dealkylation sites (tertiary alicyclic amines) is 1. The maximum absolute atomic E-state index is 13.2. The van der Waals surface area contributed by atoms with Crippen molar-refractivity contribution in [2.75, 3.05) is 26.2 Å². The predicted molar refractivity (Wildman–Crippen MR) is 95.7 cm³/mol. The zero-order valence-corrected chi connectivity index (χ0v) is 15.1. The van der Waals surface area contributed by atoms with Crippen molar-refractivity contribution in [3.63, 3.8) is 0 Å². The molecule has 2 atom stereocenters. The van der Waals surface area contributed by atoms with Crippen LogP contribution in [0.5, 0.6) is 0 Å². The molecule has 2 saturated heterocycles. The fraction of sp³-hybridized carbons (Fsp3) is 0.579. The summed E-state index contributed by atoms with van der Waals surface area (Å²) in [6.07, 6.45) is 3.25. The second kappa shape index (κ2) is 7.82. The molecule has 0 aliphatic carbocycles. The lowest BCUT2D eigenvalue weighted by Gasteiger charge is -2.34. The first-order valence-electron chi connectivity index (χ1n) is 9.43. The van der Waals surface area contributed by atoms with Crippen LogP contribution in [0, 0.1) is 24.6 Å². The quantitative estimate of drug-likeness (QED) is 0.854. The first kappa shape index (κ1) is 17.6. The average molecular weight is 359 g/mol. The molecule has 2 aliphatic heterocycles. The van der Waals surface area contributed by atoms with Crippen LogP contribution in [-0.2, 0) is 6.42 Å². The van der Waals surface area contributed by atoms with Crippen LogP contribution in [-0.4, -0.2) is 41.2 Å². The summed E-state index contributed by atoms with van der Waals surface area (Å²) in [6, 6.07) is 7.07. The molecule has 0 amide bonds. The number of rotatable bonds is 5. The van der Waals surface area contributed by atoms with Gasteiger partial charge in [-0.05, 0) is 49.5 Å². The number of aryl methyl sites for hydroxylation is 1. The third-order valence-corrected chi connectivity index (χ3v) is 5.56. The van der Waals surface area contributed by atoms with Crippen LogP contribution in [0.2, 0.25) is 0 Å². The number of halogens is 1. The van der Waals surface area contributed by atoms with Gasteiger partial charge in [0.25, 0.3) is 0 Å². The molecule has 2 N–H and O–H groups in total. The normalized spacial score (nSPS) is 25.0. The summed E-state index contributed by atoms with van der Waals surface area (Å²) in [6.45, 7) is 6.03. The Kier molecular flexibility index (Phi) is 5.28. The van der Waals surface area contributed by atoms with E-state index < -0.39 is 0 Å². The Hall–Kier alpha value is -1.83. The van der Waals surface area contributed by atoms with E-state index in [1.54, 1.807) is 0 Å². The minimum atomic E-state index is -0.185. The van der Waals surface area contributed by atoms with E-state index in [4.69, 9.17) is 4.52 Å². The molecule has 0 spiro atoms. The van der Waals surface area contributed by atoms with E-state index in [1.807, 2.05) is 19.1 Å². The predicted octanol–water partition coefficient (Wildman–Crippen LogP) is 2.24. The second-order valence-corrected chi connectivity index (χ2v) is 7.49.